The molecule has 1 rings (SSSR count). The maximum absolute atomic E-state index is 2.20. The van der Waals surface area contributed by atoms with Crippen LogP contribution in [0.4, 0.5) is 0 Å². The lowest BCUT2D eigenvalue weighted by molar-refractivity contribution is -0.884. The van der Waals surface area contributed by atoms with Crippen LogP contribution < -0.4 is 0 Å². The van der Waals surface area contributed by atoms with Crippen LogP contribution in [0.3, 0.4) is 0 Å². The van der Waals surface area contributed by atoms with Crippen molar-refractivity contribution in [1.29, 1.82) is 0 Å². The molecule has 0 fully saturated rings. The second kappa shape index (κ2) is 4.82. The van der Waals surface area contributed by atoms with Crippen molar-refractivity contribution in [3.05, 3.63) is 35.9 Å². The van der Waals surface area contributed by atoms with Crippen molar-refractivity contribution >= 4 is 24.0 Å². The molecular formula is C10H17IN+. The number of hydrogen-bond donors (Lipinski definition) is 0. The molecule has 0 aromatic heterocycles. The SMILES string of the molecule is C[N+](C)(C)Cc1ccccc1.I. The van der Waals surface area contributed by atoms with Crippen LogP contribution in [0.5, 0.6) is 0 Å². The fourth-order valence-corrected chi connectivity index (χ4v) is 1.13. The maximum Gasteiger partial charge on any atom is 0.104 e. The van der Waals surface area contributed by atoms with Crippen molar-refractivity contribution in [3.63, 3.8) is 0 Å². The highest BCUT2D eigenvalue weighted by Gasteiger charge is 2.06. The predicted molar refractivity (Wildman–Crippen MR) is 63.6 cm³/mol. The molecule has 0 aliphatic rings. The first kappa shape index (κ1) is 11.9. The molecule has 0 bridgehead atoms. The normalized spacial score (nSPS) is 10.6. The van der Waals surface area contributed by atoms with Crippen LogP contribution in [0.15, 0.2) is 30.3 Å². The van der Waals surface area contributed by atoms with Gasteiger partial charge in [-0.15, -0.1) is 24.0 Å². The van der Waals surface area contributed by atoms with E-state index in [1.165, 1.54) is 5.56 Å². The number of halogens is 1. The van der Waals surface area contributed by atoms with Crippen LogP contribution in [0.1, 0.15) is 5.56 Å². The van der Waals surface area contributed by atoms with Crippen LogP contribution in [-0.4, -0.2) is 25.6 Å². The van der Waals surface area contributed by atoms with Gasteiger partial charge in [-0.25, -0.2) is 0 Å². The summed E-state index contributed by atoms with van der Waals surface area (Å²) in [5.74, 6) is 0. The molecule has 2 heteroatoms. The van der Waals surface area contributed by atoms with Crippen molar-refractivity contribution in [2.45, 2.75) is 6.54 Å². The summed E-state index contributed by atoms with van der Waals surface area (Å²) in [4.78, 5) is 0. The fraction of sp³-hybridized carbons (Fsp3) is 0.400. The van der Waals surface area contributed by atoms with E-state index in [0.29, 0.717) is 0 Å². The van der Waals surface area contributed by atoms with Crippen molar-refractivity contribution in [2.75, 3.05) is 21.1 Å². The monoisotopic (exact) mass is 278 g/mol. The Morgan fingerprint density at radius 1 is 1.00 bits per heavy atom. The van der Waals surface area contributed by atoms with Crippen LogP contribution in [0.25, 0.3) is 0 Å². The van der Waals surface area contributed by atoms with E-state index in [1.807, 2.05) is 0 Å². The van der Waals surface area contributed by atoms with Crippen LogP contribution in [0.2, 0.25) is 0 Å². The van der Waals surface area contributed by atoms with Gasteiger partial charge in [0.2, 0.25) is 0 Å². The van der Waals surface area contributed by atoms with Gasteiger partial charge in [0, 0.05) is 5.56 Å². The van der Waals surface area contributed by atoms with Gasteiger partial charge in [0.15, 0.2) is 0 Å². The van der Waals surface area contributed by atoms with Gasteiger partial charge in [-0.05, 0) is 0 Å². The summed E-state index contributed by atoms with van der Waals surface area (Å²) < 4.78 is 0.990. The standard InChI is InChI=1S/C10H16N.HI/c1-11(2,3)9-10-7-5-4-6-8-10;/h4-8H,9H2,1-3H3;1H/q+1;. The minimum atomic E-state index is 0. The molecule has 0 atom stereocenters. The number of nitrogens with zero attached hydrogens (tertiary/aromatic N) is 1. The highest BCUT2D eigenvalue weighted by atomic mass is 127. The van der Waals surface area contributed by atoms with E-state index >= 15 is 0 Å². The lowest BCUT2D eigenvalue weighted by Gasteiger charge is -2.23. The number of rotatable bonds is 2. The molecule has 12 heavy (non-hydrogen) atoms. The molecule has 0 N–H and O–H groups in total. The van der Waals surface area contributed by atoms with Crippen molar-refractivity contribution in [1.82, 2.24) is 0 Å². The molecule has 0 heterocycles. The van der Waals surface area contributed by atoms with Gasteiger partial charge >= 0.3 is 0 Å². The minimum Gasteiger partial charge on any atom is -0.327 e. The Hall–Kier alpha value is -0.0900. The van der Waals surface area contributed by atoms with Crippen LogP contribution in [-0.2, 0) is 6.54 Å². The molecule has 1 aromatic carbocycles. The highest BCUT2D eigenvalue weighted by Crippen LogP contribution is 2.04. The summed E-state index contributed by atoms with van der Waals surface area (Å²) in [5.41, 5.74) is 1.40. The lowest BCUT2D eigenvalue weighted by atomic mass is 10.2. The van der Waals surface area contributed by atoms with E-state index in [2.05, 4.69) is 51.5 Å². The number of benzene rings is 1. The molecule has 0 aliphatic heterocycles. The summed E-state index contributed by atoms with van der Waals surface area (Å²) in [6.45, 7) is 1.10. The van der Waals surface area contributed by atoms with Crippen LogP contribution in [0, 0.1) is 0 Å². The molecule has 0 saturated carbocycles. The second-order valence-corrected chi connectivity index (χ2v) is 3.93. The summed E-state index contributed by atoms with van der Waals surface area (Å²) in [6.07, 6.45) is 0. The Morgan fingerprint density at radius 2 is 1.50 bits per heavy atom. The summed E-state index contributed by atoms with van der Waals surface area (Å²) in [6, 6.07) is 10.6. The van der Waals surface area contributed by atoms with E-state index in [-0.39, 0.29) is 24.0 Å². The summed E-state index contributed by atoms with van der Waals surface area (Å²) in [7, 11) is 6.60. The van der Waals surface area contributed by atoms with Crippen molar-refractivity contribution in [2.24, 2.45) is 0 Å². The van der Waals surface area contributed by atoms with Gasteiger partial charge < -0.3 is 4.48 Å². The zero-order valence-electron chi connectivity index (χ0n) is 7.95. The third kappa shape index (κ3) is 4.72. The van der Waals surface area contributed by atoms with Crippen molar-refractivity contribution < 1.29 is 4.48 Å². The largest absolute Gasteiger partial charge is 0.327 e. The smallest absolute Gasteiger partial charge is 0.104 e. The summed E-state index contributed by atoms with van der Waals surface area (Å²) >= 11 is 0. The first-order valence-electron chi connectivity index (χ1n) is 3.92. The molecule has 1 aromatic rings. The molecular weight excluding hydrogens is 261 g/mol. The van der Waals surface area contributed by atoms with E-state index in [1.54, 1.807) is 0 Å². The lowest BCUT2D eigenvalue weighted by Crippen LogP contribution is -2.33. The minimum absolute atomic E-state index is 0. The fourth-order valence-electron chi connectivity index (χ4n) is 1.13. The Bertz CT molecular complexity index is 213. The molecule has 0 amide bonds. The molecule has 0 radical (unpaired) electrons. The first-order valence-corrected chi connectivity index (χ1v) is 3.92. The average Bonchev–Trinajstić information content (AvgIpc) is 1.85. The zero-order chi connectivity index (χ0) is 8.32. The molecule has 0 spiro atoms. The van der Waals surface area contributed by atoms with Gasteiger partial charge in [-0.1, -0.05) is 30.3 Å². The van der Waals surface area contributed by atoms with E-state index in [0.717, 1.165) is 11.0 Å². The van der Waals surface area contributed by atoms with Gasteiger partial charge in [-0.2, -0.15) is 0 Å². The Morgan fingerprint density at radius 3 is 1.92 bits per heavy atom. The van der Waals surface area contributed by atoms with Gasteiger partial charge in [0.05, 0.1) is 21.1 Å². The molecule has 1 nitrogen and oxygen atoms in total. The molecule has 0 unspecified atom stereocenters. The molecule has 0 aliphatic carbocycles. The molecule has 0 saturated heterocycles. The predicted octanol–water partition coefficient (Wildman–Crippen LogP) is 2.51. The van der Waals surface area contributed by atoms with E-state index < -0.39 is 0 Å². The first-order chi connectivity index (χ1) is 5.08. The van der Waals surface area contributed by atoms with Gasteiger partial charge in [0.25, 0.3) is 0 Å². The Labute approximate surface area is 92.0 Å². The third-order valence-corrected chi connectivity index (χ3v) is 1.50. The average molecular weight is 278 g/mol. The highest BCUT2D eigenvalue weighted by molar-refractivity contribution is 14.0. The quantitative estimate of drug-likeness (QED) is 0.576. The van der Waals surface area contributed by atoms with Gasteiger partial charge in [-0.3, -0.25) is 0 Å². The van der Waals surface area contributed by atoms with E-state index in [4.69, 9.17) is 0 Å². The second-order valence-electron chi connectivity index (χ2n) is 3.93. The van der Waals surface area contributed by atoms with Gasteiger partial charge in [0.1, 0.15) is 6.54 Å². The van der Waals surface area contributed by atoms with Crippen LogP contribution >= 0.6 is 24.0 Å². The number of quaternary nitrogens is 1. The summed E-state index contributed by atoms with van der Waals surface area (Å²) in [5, 5.41) is 0. The topological polar surface area (TPSA) is 0 Å². The third-order valence-electron chi connectivity index (χ3n) is 1.50. The Balaban J connectivity index is 0.00000121. The van der Waals surface area contributed by atoms with E-state index in [9.17, 15) is 0 Å². The molecule has 68 valence electrons. The van der Waals surface area contributed by atoms with Crippen molar-refractivity contribution in [3.8, 4) is 0 Å². The zero-order valence-corrected chi connectivity index (χ0v) is 10.3. The Kier molecular flexibility index (Phi) is 4.78. The maximum atomic E-state index is 2.20. The number of hydrogen-bond acceptors (Lipinski definition) is 0.